The summed E-state index contributed by atoms with van der Waals surface area (Å²) in [5.41, 5.74) is 3.80. The van der Waals surface area contributed by atoms with Gasteiger partial charge in [-0.25, -0.2) is 9.67 Å². The SMILES string of the molecule is Cc1ccc(-n2nc(C(=O)NCc3ccccc3)nc2-c2ccc(Cl)cc2)cc1. The lowest BCUT2D eigenvalue weighted by molar-refractivity contribution is 0.0940. The summed E-state index contributed by atoms with van der Waals surface area (Å²) in [4.78, 5) is 17.2. The number of carbonyl (C=O) groups excluding carboxylic acids is 1. The summed E-state index contributed by atoms with van der Waals surface area (Å²) in [6, 6.07) is 24.9. The molecule has 4 rings (SSSR count). The Morgan fingerprint density at radius 2 is 1.66 bits per heavy atom. The number of carbonyl (C=O) groups is 1. The van der Waals surface area contributed by atoms with E-state index < -0.39 is 0 Å². The summed E-state index contributed by atoms with van der Waals surface area (Å²) in [5, 5.41) is 8.00. The molecule has 0 bridgehead atoms. The average molecular weight is 403 g/mol. The molecule has 3 aromatic carbocycles. The first-order valence-corrected chi connectivity index (χ1v) is 9.60. The Kier molecular flexibility index (Phi) is 5.40. The van der Waals surface area contributed by atoms with Gasteiger partial charge < -0.3 is 5.32 Å². The first-order valence-electron chi connectivity index (χ1n) is 9.22. The van der Waals surface area contributed by atoms with E-state index >= 15 is 0 Å². The van der Waals surface area contributed by atoms with Crippen molar-refractivity contribution >= 4 is 17.5 Å². The van der Waals surface area contributed by atoms with Crippen LogP contribution in [0.4, 0.5) is 0 Å². The van der Waals surface area contributed by atoms with Crippen LogP contribution in [0.3, 0.4) is 0 Å². The lowest BCUT2D eigenvalue weighted by Crippen LogP contribution is -2.24. The van der Waals surface area contributed by atoms with Crippen molar-refractivity contribution in [2.45, 2.75) is 13.5 Å². The van der Waals surface area contributed by atoms with Gasteiger partial charge in [0.2, 0.25) is 5.82 Å². The average Bonchev–Trinajstić information content (AvgIpc) is 3.19. The van der Waals surface area contributed by atoms with Gasteiger partial charge >= 0.3 is 0 Å². The van der Waals surface area contributed by atoms with E-state index in [1.807, 2.05) is 73.7 Å². The predicted molar refractivity (Wildman–Crippen MR) is 114 cm³/mol. The normalized spacial score (nSPS) is 10.7. The molecule has 0 aliphatic heterocycles. The maximum absolute atomic E-state index is 12.7. The van der Waals surface area contributed by atoms with Gasteiger partial charge in [0.25, 0.3) is 5.91 Å². The number of aromatic nitrogens is 3. The molecule has 29 heavy (non-hydrogen) atoms. The molecule has 1 heterocycles. The summed E-state index contributed by atoms with van der Waals surface area (Å²) in [7, 11) is 0. The van der Waals surface area contributed by atoms with E-state index in [1.165, 1.54) is 0 Å². The molecule has 144 valence electrons. The van der Waals surface area contributed by atoms with Crippen LogP contribution in [0.1, 0.15) is 21.7 Å². The van der Waals surface area contributed by atoms with Gasteiger partial charge in [0.15, 0.2) is 5.82 Å². The number of nitrogens with one attached hydrogen (secondary N) is 1. The van der Waals surface area contributed by atoms with Crippen LogP contribution in [0.15, 0.2) is 78.9 Å². The van der Waals surface area contributed by atoms with Crippen molar-refractivity contribution in [1.29, 1.82) is 0 Å². The molecule has 6 heteroatoms. The summed E-state index contributed by atoms with van der Waals surface area (Å²) < 4.78 is 1.68. The Balaban J connectivity index is 1.68. The second-order valence-corrected chi connectivity index (χ2v) is 7.12. The molecular formula is C23H19ClN4O. The van der Waals surface area contributed by atoms with Crippen molar-refractivity contribution in [3.63, 3.8) is 0 Å². The van der Waals surface area contributed by atoms with E-state index in [0.717, 1.165) is 22.4 Å². The molecule has 0 atom stereocenters. The number of benzene rings is 3. The van der Waals surface area contributed by atoms with Gasteiger partial charge in [-0.3, -0.25) is 4.79 Å². The Morgan fingerprint density at radius 1 is 0.966 bits per heavy atom. The van der Waals surface area contributed by atoms with Gasteiger partial charge in [0.1, 0.15) is 0 Å². The minimum absolute atomic E-state index is 0.117. The van der Waals surface area contributed by atoms with Crippen molar-refractivity contribution in [3.05, 3.63) is 101 Å². The molecule has 1 N–H and O–H groups in total. The van der Waals surface area contributed by atoms with E-state index in [0.29, 0.717) is 17.4 Å². The van der Waals surface area contributed by atoms with Gasteiger partial charge in [-0.1, -0.05) is 59.6 Å². The van der Waals surface area contributed by atoms with Crippen molar-refractivity contribution in [2.75, 3.05) is 0 Å². The van der Waals surface area contributed by atoms with Crippen LogP contribution in [-0.2, 0) is 6.54 Å². The predicted octanol–water partition coefficient (Wildman–Crippen LogP) is 4.83. The second kappa shape index (κ2) is 8.29. The zero-order chi connectivity index (χ0) is 20.2. The number of rotatable bonds is 5. The Morgan fingerprint density at radius 3 is 2.34 bits per heavy atom. The van der Waals surface area contributed by atoms with E-state index in [4.69, 9.17) is 11.6 Å². The zero-order valence-corrected chi connectivity index (χ0v) is 16.6. The third kappa shape index (κ3) is 4.36. The minimum atomic E-state index is -0.324. The van der Waals surface area contributed by atoms with Gasteiger partial charge in [-0.05, 0) is 48.9 Å². The van der Waals surface area contributed by atoms with E-state index in [2.05, 4.69) is 15.4 Å². The van der Waals surface area contributed by atoms with Crippen molar-refractivity contribution in [1.82, 2.24) is 20.1 Å². The van der Waals surface area contributed by atoms with E-state index in [1.54, 1.807) is 16.8 Å². The van der Waals surface area contributed by atoms with E-state index in [9.17, 15) is 4.79 Å². The van der Waals surface area contributed by atoms with Gasteiger partial charge in [0.05, 0.1) is 5.69 Å². The Labute approximate surface area is 174 Å². The number of hydrogen-bond donors (Lipinski definition) is 1. The number of amides is 1. The minimum Gasteiger partial charge on any atom is -0.345 e. The second-order valence-electron chi connectivity index (χ2n) is 6.68. The Hall–Kier alpha value is -3.44. The summed E-state index contributed by atoms with van der Waals surface area (Å²) in [5.74, 6) is 0.372. The van der Waals surface area contributed by atoms with Crippen molar-refractivity contribution < 1.29 is 4.79 Å². The van der Waals surface area contributed by atoms with E-state index in [-0.39, 0.29) is 11.7 Å². The van der Waals surface area contributed by atoms with Gasteiger partial charge in [-0.2, -0.15) is 0 Å². The maximum Gasteiger partial charge on any atom is 0.291 e. The molecule has 0 fully saturated rings. The first kappa shape index (κ1) is 18.9. The molecule has 1 aromatic heterocycles. The molecule has 5 nitrogen and oxygen atoms in total. The lowest BCUT2D eigenvalue weighted by atomic mass is 10.2. The highest BCUT2D eigenvalue weighted by atomic mass is 35.5. The molecule has 1 amide bonds. The topological polar surface area (TPSA) is 59.8 Å². The molecule has 0 spiro atoms. The standard InChI is InChI=1S/C23H19ClN4O/c1-16-7-13-20(14-8-16)28-22(18-9-11-19(24)12-10-18)26-21(27-28)23(29)25-15-17-5-3-2-4-6-17/h2-14H,15H2,1H3,(H,25,29). The van der Waals surface area contributed by atoms with Crippen LogP contribution >= 0.6 is 11.6 Å². The number of nitrogens with zero attached hydrogens (tertiary/aromatic N) is 3. The highest BCUT2D eigenvalue weighted by molar-refractivity contribution is 6.30. The highest BCUT2D eigenvalue weighted by Crippen LogP contribution is 2.23. The fourth-order valence-corrected chi connectivity index (χ4v) is 3.04. The molecule has 0 saturated carbocycles. The van der Waals surface area contributed by atoms with Crippen molar-refractivity contribution in [2.24, 2.45) is 0 Å². The zero-order valence-electron chi connectivity index (χ0n) is 15.8. The molecule has 4 aromatic rings. The first-order chi connectivity index (χ1) is 14.1. The molecule has 0 aliphatic rings. The highest BCUT2D eigenvalue weighted by Gasteiger charge is 2.18. The van der Waals surface area contributed by atoms with Gasteiger partial charge in [-0.15, -0.1) is 5.10 Å². The molecule has 0 saturated heterocycles. The molecular weight excluding hydrogens is 384 g/mol. The van der Waals surface area contributed by atoms with Crippen molar-refractivity contribution in [3.8, 4) is 17.1 Å². The number of hydrogen-bond acceptors (Lipinski definition) is 3. The fourth-order valence-electron chi connectivity index (χ4n) is 2.92. The van der Waals surface area contributed by atoms with Crippen LogP contribution in [0.5, 0.6) is 0 Å². The smallest absolute Gasteiger partial charge is 0.291 e. The third-order valence-electron chi connectivity index (χ3n) is 4.49. The molecule has 0 unspecified atom stereocenters. The van der Waals surface area contributed by atoms with Crippen LogP contribution in [0.25, 0.3) is 17.1 Å². The summed E-state index contributed by atoms with van der Waals surface area (Å²) in [6.07, 6.45) is 0. The lowest BCUT2D eigenvalue weighted by Gasteiger charge is -2.06. The Bertz CT molecular complexity index is 1060. The summed E-state index contributed by atoms with van der Waals surface area (Å²) >= 11 is 6.02. The molecule has 0 aliphatic carbocycles. The quantitative estimate of drug-likeness (QED) is 0.520. The van der Waals surface area contributed by atoms with Crippen LogP contribution in [0, 0.1) is 6.92 Å². The van der Waals surface area contributed by atoms with Crippen LogP contribution in [0.2, 0.25) is 5.02 Å². The van der Waals surface area contributed by atoms with Gasteiger partial charge in [0, 0.05) is 17.1 Å². The number of halogens is 1. The fraction of sp³-hybridized carbons (Fsp3) is 0.0870. The monoisotopic (exact) mass is 402 g/mol. The largest absolute Gasteiger partial charge is 0.345 e. The number of aryl methyl sites for hydroxylation is 1. The maximum atomic E-state index is 12.7. The molecule has 0 radical (unpaired) electrons. The van der Waals surface area contributed by atoms with Crippen LogP contribution < -0.4 is 5.32 Å². The van der Waals surface area contributed by atoms with Crippen LogP contribution in [-0.4, -0.2) is 20.7 Å². The summed E-state index contributed by atoms with van der Waals surface area (Å²) in [6.45, 7) is 2.43. The third-order valence-corrected chi connectivity index (χ3v) is 4.74.